The molecular formula is C16H18Cl2N2O4S2. The molecule has 0 saturated heterocycles. The Balaban J connectivity index is 2.31. The number of sulfonamides is 1. The Morgan fingerprint density at radius 1 is 1.31 bits per heavy atom. The monoisotopic (exact) mass is 436 g/mol. The van der Waals surface area contributed by atoms with Crippen molar-refractivity contribution >= 4 is 50.5 Å². The molecule has 0 atom stereocenters. The number of hydrogen-bond donors (Lipinski definition) is 0. The largest absolute Gasteiger partial charge is 0.461 e. The summed E-state index contributed by atoms with van der Waals surface area (Å²) in [5, 5.41) is 2.42. The van der Waals surface area contributed by atoms with Crippen molar-refractivity contribution in [2.45, 2.75) is 31.7 Å². The fourth-order valence-corrected chi connectivity index (χ4v) is 5.27. The molecule has 6 nitrogen and oxygen atoms in total. The van der Waals surface area contributed by atoms with E-state index in [-0.39, 0.29) is 40.3 Å². The first kappa shape index (κ1) is 21.1. The van der Waals surface area contributed by atoms with E-state index in [0.717, 1.165) is 0 Å². The van der Waals surface area contributed by atoms with Gasteiger partial charge in [0.25, 0.3) is 0 Å². The molecule has 2 rings (SSSR count). The summed E-state index contributed by atoms with van der Waals surface area (Å²) in [5.41, 5.74) is 0.168. The average Bonchev–Trinajstić information content (AvgIpc) is 3.05. The zero-order chi connectivity index (χ0) is 19.3. The number of rotatable bonds is 8. The predicted molar refractivity (Wildman–Crippen MR) is 102 cm³/mol. The second-order valence-electron chi connectivity index (χ2n) is 5.26. The zero-order valence-electron chi connectivity index (χ0n) is 14.2. The molecule has 1 aromatic heterocycles. The molecule has 0 unspecified atom stereocenters. The van der Waals surface area contributed by atoms with Crippen molar-refractivity contribution in [2.75, 3.05) is 13.2 Å². The standard InChI is InChI=1S/C16H18Cl2N2O4S2/c1-3-7-20(9-15-19-13(10-25-15)16(21)24-4-2)26(22,23)14-8-11(17)5-6-12(14)18/h5-6,8,10H,3-4,7,9H2,1-2H3. The molecule has 142 valence electrons. The number of thiazole rings is 1. The van der Waals surface area contributed by atoms with Gasteiger partial charge in [-0.1, -0.05) is 30.1 Å². The van der Waals surface area contributed by atoms with Gasteiger partial charge in [-0.05, 0) is 31.5 Å². The third-order valence-electron chi connectivity index (χ3n) is 3.33. The van der Waals surface area contributed by atoms with Crippen LogP contribution < -0.4 is 0 Å². The third kappa shape index (κ3) is 4.95. The fourth-order valence-electron chi connectivity index (χ4n) is 2.18. The van der Waals surface area contributed by atoms with Crippen LogP contribution in [0.1, 0.15) is 35.8 Å². The van der Waals surface area contributed by atoms with E-state index in [4.69, 9.17) is 27.9 Å². The summed E-state index contributed by atoms with van der Waals surface area (Å²) >= 11 is 13.2. The SMILES string of the molecule is CCCN(Cc1nc(C(=O)OCC)cs1)S(=O)(=O)c1cc(Cl)ccc1Cl. The number of halogens is 2. The smallest absolute Gasteiger partial charge is 0.357 e. The predicted octanol–water partition coefficient (Wildman–Crippen LogP) is 4.23. The number of carbonyl (C=O) groups excluding carboxylic acids is 1. The Hall–Kier alpha value is -1.19. The first-order chi connectivity index (χ1) is 12.3. The summed E-state index contributed by atoms with van der Waals surface area (Å²) in [6.07, 6.45) is 0.605. The number of carbonyl (C=O) groups is 1. The number of aromatic nitrogens is 1. The van der Waals surface area contributed by atoms with Crippen LogP contribution in [0.25, 0.3) is 0 Å². The van der Waals surface area contributed by atoms with Crippen LogP contribution in [0.4, 0.5) is 0 Å². The Morgan fingerprint density at radius 3 is 2.69 bits per heavy atom. The number of hydrogen-bond acceptors (Lipinski definition) is 6. The maximum absolute atomic E-state index is 13.0. The van der Waals surface area contributed by atoms with Crippen LogP contribution in [-0.4, -0.2) is 36.8 Å². The highest BCUT2D eigenvalue weighted by molar-refractivity contribution is 7.89. The summed E-state index contributed by atoms with van der Waals surface area (Å²) < 4.78 is 32.2. The molecule has 0 spiro atoms. The van der Waals surface area contributed by atoms with Crippen LogP contribution >= 0.6 is 34.5 Å². The first-order valence-corrected chi connectivity index (χ1v) is 10.9. The lowest BCUT2D eigenvalue weighted by molar-refractivity contribution is 0.0520. The highest BCUT2D eigenvalue weighted by atomic mass is 35.5. The molecule has 0 radical (unpaired) electrons. The molecule has 0 amide bonds. The minimum absolute atomic E-state index is 0.0308. The van der Waals surface area contributed by atoms with Gasteiger partial charge in [-0.15, -0.1) is 11.3 Å². The van der Waals surface area contributed by atoms with Crippen LogP contribution in [0.15, 0.2) is 28.5 Å². The van der Waals surface area contributed by atoms with Crippen LogP contribution in [-0.2, 0) is 21.3 Å². The summed E-state index contributed by atoms with van der Waals surface area (Å²) in [6.45, 7) is 4.13. The van der Waals surface area contributed by atoms with E-state index in [9.17, 15) is 13.2 Å². The molecule has 26 heavy (non-hydrogen) atoms. The summed E-state index contributed by atoms with van der Waals surface area (Å²) in [6, 6.07) is 4.30. The van der Waals surface area contributed by atoms with Crippen molar-refractivity contribution in [3.05, 3.63) is 44.3 Å². The van der Waals surface area contributed by atoms with Gasteiger partial charge >= 0.3 is 5.97 Å². The van der Waals surface area contributed by atoms with Gasteiger partial charge in [0, 0.05) is 16.9 Å². The number of esters is 1. The van der Waals surface area contributed by atoms with Crippen molar-refractivity contribution in [3.8, 4) is 0 Å². The Labute approximate surface area is 166 Å². The zero-order valence-corrected chi connectivity index (χ0v) is 17.4. The molecule has 0 aliphatic heterocycles. The molecule has 0 bridgehead atoms. The number of ether oxygens (including phenoxy) is 1. The van der Waals surface area contributed by atoms with E-state index in [1.807, 2.05) is 6.92 Å². The molecule has 0 aliphatic carbocycles. The molecular weight excluding hydrogens is 419 g/mol. The molecule has 2 aromatic rings. The molecule has 10 heteroatoms. The fraction of sp³-hybridized carbons (Fsp3) is 0.375. The lowest BCUT2D eigenvalue weighted by Gasteiger charge is -2.21. The van der Waals surface area contributed by atoms with Crippen molar-refractivity contribution in [1.82, 2.24) is 9.29 Å². The quantitative estimate of drug-likeness (QED) is 0.578. The Bertz CT molecular complexity index is 884. The van der Waals surface area contributed by atoms with E-state index in [1.54, 1.807) is 12.3 Å². The van der Waals surface area contributed by atoms with Gasteiger partial charge in [0.1, 0.15) is 9.90 Å². The highest BCUT2D eigenvalue weighted by Crippen LogP contribution is 2.29. The van der Waals surface area contributed by atoms with Gasteiger partial charge in [0.05, 0.1) is 18.2 Å². The lowest BCUT2D eigenvalue weighted by Crippen LogP contribution is -2.31. The van der Waals surface area contributed by atoms with E-state index in [0.29, 0.717) is 11.4 Å². The summed E-state index contributed by atoms with van der Waals surface area (Å²) in [4.78, 5) is 15.9. The maximum Gasteiger partial charge on any atom is 0.357 e. The van der Waals surface area contributed by atoms with Crippen molar-refractivity contribution in [2.24, 2.45) is 0 Å². The molecule has 0 N–H and O–H groups in total. The van der Waals surface area contributed by atoms with Gasteiger partial charge in [-0.3, -0.25) is 0 Å². The second kappa shape index (κ2) is 9.14. The van der Waals surface area contributed by atoms with Gasteiger partial charge in [-0.2, -0.15) is 4.31 Å². The Morgan fingerprint density at radius 2 is 2.04 bits per heavy atom. The normalized spacial score (nSPS) is 11.7. The van der Waals surface area contributed by atoms with Gasteiger partial charge in [-0.25, -0.2) is 18.2 Å². The minimum atomic E-state index is -3.87. The van der Waals surface area contributed by atoms with E-state index < -0.39 is 16.0 Å². The average molecular weight is 437 g/mol. The molecule has 1 aromatic carbocycles. The Kier molecular flexibility index (Phi) is 7.42. The number of benzene rings is 1. The molecule has 1 heterocycles. The molecule has 0 fully saturated rings. The lowest BCUT2D eigenvalue weighted by atomic mass is 10.4. The van der Waals surface area contributed by atoms with Crippen LogP contribution in [0.2, 0.25) is 10.0 Å². The van der Waals surface area contributed by atoms with Crippen molar-refractivity contribution < 1.29 is 17.9 Å². The van der Waals surface area contributed by atoms with E-state index in [1.165, 1.54) is 33.8 Å². The second-order valence-corrected chi connectivity index (χ2v) is 8.95. The molecule has 0 saturated carbocycles. The van der Waals surface area contributed by atoms with Crippen LogP contribution in [0.3, 0.4) is 0 Å². The van der Waals surface area contributed by atoms with Crippen LogP contribution in [0.5, 0.6) is 0 Å². The number of nitrogens with zero attached hydrogens (tertiary/aromatic N) is 2. The highest BCUT2D eigenvalue weighted by Gasteiger charge is 2.28. The molecule has 0 aliphatic rings. The van der Waals surface area contributed by atoms with Gasteiger partial charge in [0.2, 0.25) is 10.0 Å². The summed E-state index contributed by atoms with van der Waals surface area (Å²) in [7, 11) is -3.87. The first-order valence-electron chi connectivity index (χ1n) is 7.86. The van der Waals surface area contributed by atoms with Crippen molar-refractivity contribution in [3.63, 3.8) is 0 Å². The van der Waals surface area contributed by atoms with E-state index >= 15 is 0 Å². The van der Waals surface area contributed by atoms with E-state index in [2.05, 4.69) is 4.98 Å². The van der Waals surface area contributed by atoms with Crippen molar-refractivity contribution in [1.29, 1.82) is 0 Å². The topological polar surface area (TPSA) is 76.6 Å². The van der Waals surface area contributed by atoms with Gasteiger partial charge < -0.3 is 4.74 Å². The van der Waals surface area contributed by atoms with Gasteiger partial charge in [0.15, 0.2) is 5.69 Å². The summed E-state index contributed by atoms with van der Waals surface area (Å²) in [5.74, 6) is -0.530. The minimum Gasteiger partial charge on any atom is -0.461 e. The van der Waals surface area contributed by atoms with Crippen LogP contribution in [0, 0.1) is 0 Å². The maximum atomic E-state index is 13.0. The third-order valence-corrected chi connectivity index (χ3v) is 6.73.